The van der Waals surface area contributed by atoms with E-state index >= 15 is 0 Å². The topological polar surface area (TPSA) is 116 Å². The predicted molar refractivity (Wildman–Crippen MR) is 119 cm³/mol. The van der Waals surface area contributed by atoms with Gasteiger partial charge >= 0.3 is 0 Å². The number of aromatic nitrogens is 2. The van der Waals surface area contributed by atoms with Crippen LogP contribution in [-0.4, -0.2) is 26.7 Å². The van der Waals surface area contributed by atoms with Crippen molar-refractivity contribution in [3.05, 3.63) is 91.9 Å². The van der Waals surface area contributed by atoms with Crippen LogP contribution < -0.4 is 15.5 Å². The van der Waals surface area contributed by atoms with Gasteiger partial charge in [-0.15, -0.1) is 0 Å². The number of nitrogens with one attached hydrogen (secondary N) is 1. The summed E-state index contributed by atoms with van der Waals surface area (Å²) in [6, 6.07) is 14.1. The number of nitro groups is 1. The Balaban J connectivity index is 1.92. The van der Waals surface area contributed by atoms with Gasteiger partial charge in [0, 0.05) is 17.8 Å². The fourth-order valence-corrected chi connectivity index (χ4v) is 3.22. The predicted octanol–water partition coefficient (Wildman–Crippen LogP) is 3.73. The molecular formula is C23H24N4O5. The number of para-hydroxylation sites is 2. The average molecular weight is 436 g/mol. The van der Waals surface area contributed by atoms with E-state index in [0.29, 0.717) is 11.4 Å². The van der Waals surface area contributed by atoms with Crippen LogP contribution in [0.25, 0.3) is 5.69 Å². The van der Waals surface area contributed by atoms with Gasteiger partial charge in [-0.05, 0) is 51.5 Å². The van der Waals surface area contributed by atoms with E-state index in [9.17, 15) is 19.7 Å². The smallest absolute Gasteiger partial charge is 0.294 e. The molecule has 9 nitrogen and oxygen atoms in total. The molecule has 2 aromatic carbocycles. The summed E-state index contributed by atoms with van der Waals surface area (Å²) in [5.41, 5.74) is 0.216. The van der Waals surface area contributed by atoms with Crippen LogP contribution in [0.4, 0.5) is 5.69 Å². The molecule has 0 saturated heterocycles. The summed E-state index contributed by atoms with van der Waals surface area (Å²) in [6.45, 7) is 7.21. The zero-order valence-corrected chi connectivity index (χ0v) is 18.2. The number of nitro benzene ring substituents is 1. The van der Waals surface area contributed by atoms with Crippen molar-refractivity contribution >= 4 is 11.6 Å². The molecule has 0 fully saturated rings. The molecule has 32 heavy (non-hydrogen) atoms. The quantitative estimate of drug-likeness (QED) is 0.446. The molecular weight excluding hydrogens is 412 g/mol. The van der Waals surface area contributed by atoms with Crippen molar-refractivity contribution in [3.63, 3.8) is 0 Å². The van der Waals surface area contributed by atoms with E-state index in [1.807, 2.05) is 38.1 Å². The number of nitrogens with zero attached hydrogens (tertiary/aromatic N) is 3. The number of hydrogen-bond acceptors (Lipinski definition) is 6. The molecule has 0 aliphatic carbocycles. The van der Waals surface area contributed by atoms with E-state index in [-0.39, 0.29) is 23.2 Å². The third-order valence-electron chi connectivity index (χ3n) is 4.71. The summed E-state index contributed by atoms with van der Waals surface area (Å²) in [5, 5.41) is 18.3. The van der Waals surface area contributed by atoms with Crippen molar-refractivity contribution < 1.29 is 14.5 Å². The van der Waals surface area contributed by atoms with E-state index in [1.54, 1.807) is 19.9 Å². The molecule has 1 N–H and O–H groups in total. The van der Waals surface area contributed by atoms with E-state index < -0.39 is 22.3 Å². The number of aryl methyl sites for hydroxylation is 1. The van der Waals surface area contributed by atoms with Gasteiger partial charge in [-0.2, -0.15) is 5.10 Å². The fraction of sp³-hybridized carbons (Fsp3) is 0.261. The molecule has 0 radical (unpaired) electrons. The molecule has 9 heteroatoms. The minimum Gasteiger partial charge on any atom is -0.491 e. The van der Waals surface area contributed by atoms with Gasteiger partial charge in [-0.1, -0.05) is 24.3 Å². The number of benzene rings is 2. The Hall–Kier alpha value is -4.01. The summed E-state index contributed by atoms with van der Waals surface area (Å²) in [7, 11) is 0. The summed E-state index contributed by atoms with van der Waals surface area (Å²) >= 11 is 0. The first-order valence-corrected chi connectivity index (χ1v) is 10.1. The van der Waals surface area contributed by atoms with Crippen LogP contribution in [0.3, 0.4) is 0 Å². The second-order valence-electron chi connectivity index (χ2n) is 7.59. The average Bonchev–Trinajstić information content (AvgIpc) is 2.73. The van der Waals surface area contributed by atoms with Gasteiger partial charge in [0.2, 0.25) is 5.43 Å². The van der Waals surface area contributed by atoms with Crippen LogP contribution >= 0.6 is 0 Å². The molecule has 0 aliphatic rings. The van der Waals surface area contributed by atoms with Crippen LogP contribution in [0.2, 0.25) is 0 Å². The van der Waals surface area contributed by atoms with Crippen molar-refractivity contribution in [3.8, 4) is 11.4 Å². The van der Waals surface area contributed by atoms with Gasteiger partial charge in [0.1, 0.15) is 11.4 Å². The van der Waals surface area contributed by atoms with Crippen molar-refractivity contribution in [2.75, 3.05) is 0 Å². The lowest BCUT2D eigenvalue weighted by atomic mass is 10.1. The maximum Gasteiger partial charge on any atom is 0.294 e. The number of ether oxygens (including phenoxy) is 1. The lowest BCUT2D eigenvalue weighted by molar-refractivity contribution is -0.384. The van der Waals surface area contributed by atoms with Crippen molar-refractivity contribution in [1.29, 1.82) is 0 Å². The van der Waals surface area contributed by atoms with Crippen molar-refractivity contribution in [2.45, 2.75) is 39.8 Å². The third-order valence-corrected chi connectivity index (χ3v) is 4.71. The molecule has 0 aliphatic heterocycles. The summed E-state index contributed by atoms with van der Waals surface area (Å²) in [6.07, 6.45) is 0.00687. The number of rotatable bonds is 7. The summed E-state index contributed by atoms with van der Waals surface area (Å²) in [5.74, 6) is -0.00387. The van der Waals surface area contributed by atoms with E-state index in [2.05, 4.69) is 10.4 Å². The SMILES string of the molecule is Cc1cc(=O)c(C(=O)NC(C)c2cccc(OC(C)C)c2)nn1-c1ccccc1[N+](=O)[O-]. The zero-order chi connectivity index (χ0) is 23.4. The second-order valence-corrected chi connectivity index (χ2v) is 7.59. The minimum absolute atomic E-state index is 0.00687. The molecule has 1 amide bonds. The molecule has 3 rings (SSSR count). The molecule has 0 bridgehead atoms. The fourth-order valence-electron chi connectivity index (χ4n) is 3.22. The van der Waals surface area contributed by atoms with Gasteiger partial charge in [0.25, 0.3) is 11.6 Å². The minimum atomic E-state index is -0.676. The Morgan fingerprint density at radius 3 is 2.53 bits per heavy atom. The molecule has 0 saturated carbocycles. The van der Waals surface area contributed by atoms with Gasteiger partial charge in [-0.25, -0.2) is 4.68 Å². The maximum atomic E-state index is 12.9. The molecule has 1 atom stereocenters. The molecule has 1 unspecified atom stereocenters. The lowest BCUT2D eigenvalue weighted by Crippen LogP contribution is -2.33. The number of hydrogen-bond donors (Lipinski definition) is 1. The Labute approximate surface area is 184 Å². The highest BCUT2D eigenvalue weighted by molar-refractivity contribution is 5.92. The Morgan fingerprint density at radius 1 is 1.12 bits per heavy atom. The largest absolute Gasteiger partial charge is 0.491 e. The Bertz CT molecular complexity index is 1220. The number of carbonyl (C=O) groups is 1. The first-order chi connectivity index (χ1) is 15.2. The standard InChI is InChI=1S/C23H24N4O5/c1-14(2)32-18-9-7-8-17(13-18)16(4)24-23(29)22-21(28)12-15(3)26(25-22)19-10-5-6-11-20(19)27(30)31/h5-14,16H,1-4H3,(H,24,29). The number of carbonyl (C=O) groups excluding carboxylic acids is 1. The first kappa shape index (κ1) is 22.7. The third kappa shape index (κ3) is 5.00. The highest BCUT2D eigenvalue weighted by Crippen LogP contribution is 2.23. The van der Waals surface area contributed by atoms with Crippen LogP contribution in [0.5, 0.6) is 5.75 Å². The van der Waals surface area contributed by atoms with E-state index in [1.165, 1.54) is 28.9 Å². The second kappa shape index (κ2) is 9.42. The highest BCUT2D eigenvalue weighted by atomic mass is 16.6. The van der Waals surface area contributed by atoms with E-state index in [0.717, 1.165) is 5.56 Å². The van der Waals surface area contributed by atoms with E-state index in [4.69, 9.17) is 4.74 Å². The highest BCUT2D eigenvalue weighted by Gasteiger charge is 2.21. The lowest BCUT2D eigenvalue weighted by Gasteiger charge is -2.17. The van der Waals surface area contributed by atoms with Crippen LogP contribution in [0.1, 0.15) is 48.6 Å². The summed E-state index contributed by atoms with van der Waals surface area (Å²) < 4.78 is 6.92. The normalized spacial score (nSPS) is 11.8. The Kier molecular flexibility index (Phi) is 6.67. The van der Waals surface area contributed by atoms with Crippen LogP contribution in [-0.2, 0) is 0 Å². The monoisotopic (exact) mass is 436 g/mol. The molecule has 3 aromatic rings. The Morgan fingerprint density at radius 2 is 1.84 bits per heavy atom. The van der Waals surface area contributed by atoms with Gasteiger partial charge in [0.15, 0.2) is 5.69 Å². The molecule has 1 aromatic heterocycles. The van der Waals surface area contributed by atoms with Crippen molar-refractivity contribution in [2.24, 2.45) is 0 Å². The summed E-state index contributed by atoms with van der Waals surface area (Å²) in [4.78, 5) is 36.2. The van der Waals surface area contributed by atoms with Crippen LogP contribution in [0, 0.1) is 17.0 Å². The number of amides is 1. The molecule has 0 spiro atoms. The van der Waals surface area contributed by atoms with Crippen molar-refractivity contribution in [1.82, 2.24) is 15.1 Å². The van der Waals surface area contributed by atoms with Crippen LogP contribution in [0.15, 0.2) is 59.4 Å². The molecule has 1 heterocycles. The maximum absolute atomic E-state index is 12.9. The zero-order valence-electron chi connectivity index (χ0n) is 18.2. The molecule has 166 valence electrons. The first-order valence-electron chi connectivity index (χ1n) is 10.1. The van der Waals surface area contributed by atoms with Gasteiger partial charge in [-0.3, -0.25) is 19.7 Å². The van der Waals surface area contributed by atoms with Gasteiger partial charge < -0.3 is 10.1 Å². The van der Waals surface area contributed by atoms with Gasteiger partial charge in [0.05, 0.1) is 17.1 Å².